The van der Waals surface area contributed by atoms with Gasteiger partial charge in [0.15, 0.2) is 0 Å². The van der Waals surface area contributed by atoms with E-state index in [4.69, 9.17) is 21.4 Å². The molecule has 7 nitrogen and oxygen atoms in total. The van der Waals surface area contributed by atoms with Crippen molar-refractivity contribution in [2.24, 2.45) is 0 Å². The highest BCUT2D eigenvalue weighted by atomic mass is 35.5. The molecule has 194 valence electrons. The van der Waals surface area contributed by atoms with Crippen molar-refractivity contribution in [1.29, 1.82) is 0 Å². The molecule has 0 bridgehead atoms. The summed E-state index contributed by atoms with van der Waals surface area (Å²) in [6.45, 7) is 1.94. The zero-order valence-corrected chi connectivity index (χ0v) is 22.8. The molecule has 2 aliphatic heterocycles. The smallest absolute Gasteiger partial charge is 0.242 e. The number of thioether (sulfide) groups is 1. The zero-order valence-electron chi connectivity index (χ0n) is 20.5. The molecule has 2 aromatic carbocycles. The minimum absolute atomic E-state index is 0.0755. The number of para-hydroxylation sites is 1. The van der Waals surface area contributed by atoms with Crippen LogP contribution in [0.1, 0.15) is 15.7 Å². The number of carbonyl (C=O) groups is 2. The maximum absolute atomic E-state index is 13.8. The van der Waals surface area contributed by atoms with E-state index in [0.29, 0.717) is 42.8 Å². The van der Waals surface area contributed by atoms with Gasteiger partial charge < -0.3 is 9.64 Å². The molecular weight excluding hydrogens is 540 g/mol. The zero-order chi connectivity index (χ0) is 26.1. The monoisotopic (exact) mass is 564 g/mol. The van der Waals surface area contributed by atoms with Gasteiger partial charge in [0.1, 0.15) is 12.4 Å². The molecule has 6 rings (SSSR count). The summed E-state index contributed by atoms with van der Waals surface area (Å²) in [6, 6.07) is 21.5. The number of hydrogen-bond acceptors (Lipinski definition) is 6. The van der Waals surface area contributed by atoms with E-state index in [0.717, 1.165) is 21.7 Å². The largest absolute Gasteiger partial charge is 0.378 e. The lowest BCUT2D eigenvalue weighted by Crippen LogP contribution is -2.48. The van der Waals surface area contributed by atoms with Crippen molar-refractivity contribution in [1.82, 2.24) is 14.7 Å². The molecule has 0 saturated carbocycles. The average molecular weight is 565 g/mol. The summed E-state index contributed by atoms with van der Waals surface area (Å²) in [7, 11) is 0. The van der Waals surface area contributed by atoms with Gasteiger partial charge in [0, 0.05) is 29.1 Å². The maximum Gasteiger partial charge on any atom is 0.242 e. The predicted octanol–water partition coefficient (Wildman–Crippen LogP) is 5.28. The van der Waals surface area contributed by atoms with Gasteiger partial charge in [-0.15, -0.1) is 23.1 Å². The maximum atomic E-state index is 13.8. The Kier molecular flexibility index (Phi) is 7.25. The third-order valence-corrected chi connectivity index (χ3v) is 9.32. The average Bonchev–Trinajstić information content (AvgIpc) is 3.60. The third-order valence-electron chi connectivity index (χ3n) is 6.68. The van der Waals surface area contributed by atoms with E-state index in [9.17, 15) is 9.59 Å². The van der Waals surface area contributed by atoms with Gasteiger partial charge in [-0.3, -0.25) is 14.5 Å². The number of carbonyl (C=O) groups excluding carboxylic acids is 2. The summed E-state index contributed by atoms with van der Waals surface area (Å²) in [4.78, 5) is 31.7. The van der Waals surface area contributed by atoms with Crippen LogP contribution in [0.2, 0.25) is 5.02 Å². The molecule has 2 amide bonds. The lowest BCUT2D eigenvalue weighted by Gasteiger charge is -2.30. The first-order valence-electron chi connectivity index (χ1n) is 12.4. The van der Waals surface area contributed by atoms with Gasteiger partial charge in [-0.1, -0.05) is 60.1 Å². The van der Waals surface area contributed by atoms with Crippen molar-refractivity contribution in [2.75, 3.05) is 43.5 Å². The van der Waals surface area contributed by atoms with Crippen LogP contribution in [0.5, 0.6) is 0 Å². The number of ether oxygens (including phenoxy) is 1. The van der Waals surface area contributed by atoms with Crippen LogP contribution in [-0.4, -0.2) is 65.1 Å². The summed E-state index contributed by atoms with van der Waals surface area (Å²) in [6.07, 6.45) is 0. The molecule has 2 aliphatic rings. The predicted molar refractivity (Wildman–Crippen MR) is 152 cm³/mol. The lowest BCUT2D eigenvalue weighted by atomic mass is 10.0. The van der Waals surface area contributed by atoms with Crippen LogP contribution in [0.3, 0.4) is 0 Å². The minimum Gasteiger partial charge on any atom is -0.378 e. The Labute approximate surface area is 234 Å². The van der Waals surface area contributed by atoms with Crippen molar-refractivity contribution in [2.45, 2.75) is 5.25 Å². The summed E-state index contributed by atoms with van der Waals surface area (Å²) in [5, 5.41) is 7.50. The van der Waals surface area contributed by atoms with Crippen LogP contribution in [0, 0.1) is 0 Å². The first kappa shape index (κ1) is 25.2. The molecule has 0 radical (unpaired) electrons. The highest BCUT2D eigenvalue weighted by Crippen LogP contribution is 2.49. The quantitative estimate of drug-likeness (QED) is 0.330. The third kappa shape index (κ3) is 4.75. The van der Waals surface area contributed by atoms with Gasteiger partial charge in [0.2, 0.25) is 11.8 Å². The molecule has 1 atom stereocenters. The van der Waals surface area contributed by atoms with Crippen LogP contribution >= 0.6 is 34.7 Å². The number of fused-ring (bicyclic) bond motifs is 1. The Hall–Kier alpha value is -3.11. The van der Waals surface area contributed by atoms with Crippen LogP contribution in [0.25, 0.3) is 16.9 Å². The molecule has 0 N–H and O–H groups in total. The number of nitrogens with zero attached hydrogens (tertiary/aromatic N) is 4. The number of anilines is 1. The van der Waals surface area contributed by atoms with Crippen LogP contribution in [0.4, 0.5) is 5.82 Å². The number of thiophene rings is 1. The van der Waals surface area contributed by atoms with Crippen LogP contribution < -0.4 is 4.90 Å². The topological polar surface area (TPSA) is 67.7 Å². The standard InChI is InChI=1S/C28H25ClN4O3S2/c29-20-9-4-5-10-21(20)33-28-25(26(30-33)19-7-2-1-3-8-19)27(22-11-6-16-37-22)38-18-24(35)32(28)17-23(34)31-12-14-36-15-13-31/h1-11,16,27H,12-15,17-18H2. The first-order chi connectivity index (χ1) is 18.6. The van der Waals surface area contributed by atoms with Crippen molar-refractivity contribution >= 4 is 52.3 Å². The van der Waals surface area contributed by atoms with Crippen molar-refractivity contribution in [3.8, 4) is 16.9 Å². The van der Waals surface area contributed by atoms with E-state index in [-0.39, 0.29) is 29.4 Å². The van der Waals surface area contributed by atoms with Gasteiger partial charge in [0.05, 0.1) is 40.6 Å². The van der Waals surface area contributed by atoms with Crippen molar-refractivity contribution < 1.29 is 14.3 Å². The number of halogens is 1. The summed E-state index contributed by atoms with van der Waals surface area (Å²) >= 11 is 9.91. The van der Waals surface area contributed by atoms with E-state index in [1.165, 1.54) is 0 Å². The van der Waals surface area contributed by atoms with Gasteiger partial charge in [-0.2, -0.15) is 5.10 Å². The Morgan fingerprint density at radius 3 is 2.53 bits per heavy atom. The van der Waals surface area contributed by atoms with Gasteiger partial charge >= 0.3 is 0 Å². The lowest BCUT2D eigenvalue weighted by molar-refractivity contribution is -0.134. The van der Waals surface area contributed by atoms with E-state index in [1.54, 1.807) is 43.6 Å². The van der Waals surface area contributed by atoms with Crippen molar-refractivity contribution in [3.05, 3.63) is 87.6 Å². The van der Waals surface area contributed by atoms with Gasteiger partial charge in [-0.05, 0) is 23.6 Å². The van der Waals surface area contributed by atoms with E-state index < -0.39 is 0 Å². The molecule has 0 spiro atoms. The second-order valence-corrected chi connectivity index (χ2v) is 11.5. The molecule has 1 fully saturated rings. The highest BCUT2D eigenvalue weighted by Gasteiger charge is 2.38. The number of rotatable bonds is 5. The fraction of sp³-hybridized carbons (Fsp3) is 0.250. The highest BCUT2D eigenvalue weighted by molar-refractivity contribution is 8.00. The van der Waals surface area contributed by atoms with Crippen LogP contribution in [-0.2, 0) is 14.3 Å². The number of aromatic nitrogens is 2. The Morgan fingerprint density at radius 2 is 1.79 bits per heavy atom. The number of amides is 2. The Morgan fingerprint density at radius 1 is 1.03 bits per heavy atom. The second kappa shape index (κ2) is 10.9. The Balaban J connectivity index is 1.58. The molecule has 38 heavy (non-hydrogen) atoms. The molecular formula is C28H25ClN4O3S2. The summed E-state index contributed by atoms with van der Waals surface area (Å²) in [5.74, 6) is 0.585. The molecule has 4 heterocycles. The van der Waals surface area contributed by atoms with E-state index in [2.05, 4.69) is 6.07 Å². The molecule has 1 saturated heterocycles. The normalized spacial score (nSPS) is 17.8. The number of morpholine rings is 1. The molecule has 1 unspecified atom stereocenters. The second-order valence-electron chi connectivity index (χ2n) is 8.99. The minimum atomic E-state index is -0.135. The first-order valence-corrected chi connectivity index (χ1v) is 14.7. The van der Waals surface area contributed by atoms with Crippen molar-refractivity contribution in [3.63, 3.8) is 0 Å². The molecule has 2 aromatic heterocycles. The van der Waals surface area contributed by atoms with Gasteiger partial charge in [0.25, 0.3) is 0 Å². The van der Waals surface area contributed by atoms with E-state index >= 15 is 0 Å². The Bertz CT molecular complexity index is 1450. The number of benzene rings is 2. The van der Waals surface area contributed by atoms with Crippen LogP contribution in [0.15, 0.2) is 72.1 Å². The molecule has 4 aromatic rings. The molecule has 10 heteroatoms. The van der Waals surface area contributed by atoms with Gasteiger partial charge in [-0.25, -0.2) is 4.68 Å². The fourth-order valence-electron chi connectivity index (χ4n) is 4.83. The number of hydrogen-bond donors (Lipinski definition) is 0. The summed E-state index contributed by atoms with van der Waals surface area (Å²) in [5.41, 5.74) is 3.26. The SMILES string of the molecule is O=C(CN1C(=O)CSC(c2cccs2)c2c(-c3ccccc3)nn(-c3ccccc3Cl)c21)N1CCOCC1. The summed E-state index contributed by atoms with van der Waals surface area (Å²) < 4.78 is 7.18. The fourth-order valence-corrected chi connectivity index (χ4v) is 7.22. The molecule has 0 aliphatic carbocycles. The van der Waals surface area contributed by atoms with E-state index in [1.807, 2.05) is 60.0 Å².